The lowest BCUT2D eigenvalue weighted by atomic mass is 10.1. The molecule has 1 heterocycles. The molecule has 0 atom stereocenters. The van der Waals surface area contributed by atoms with Gasteiger partial charge in [-0.15, -0.1) is 0 Å². The maximum absolute atomic E-state index is 12.5. The minimum absolute atomic E-state index is 0.0978. The number of amides is 2. The first kappa shape index (κ1) is 13.4. The molecule has 0 radical (unpaired) electrons. The van der Waals surface area contributed by atoms with Gasteiger partial charge in [-0.25, -0.2) is 4.79 Å². The largest absolute Gasteiger partial charge is 0.326 e. The molecule has 2 aromatic rings. The number of fused-ring (bicyclic) bond motifs is 1. The summed E-state index contributed by atoms with van der Waals surface area (Å²) in [5.74, 6) is 0.0978. The molecule has 2 amide bonds. The van der Waals surface area contributed by atoms with E-state index in [1.165, 1.54) is 0 Å². The molecule has 0 aromatic heterocycles. The second-order valence-corrected chi connectivity index (χ2v) is 4.99. The van der Waals surface area contributed by atoms with E-state index in [4.69, 9.17) is 0 Å². The fraction of sp³-hybridized carbons (Fsp3) is 0.176. The maximum Gasteiger partial charge on any atom is 0.326 e. The van der Waals surface area contributed by atoms with Crippen molar-refractivity contribution in [1.82, 2.24) is 0 Å². The van der Waals surface area contributed by atoms with E-state index < -0.39 is 0 Å². The Kier molecular flexibility index (Phi) is 3.69. The molecular formula is C17H16N2O2. The van der Waals surface area contributed by atoms with Crippen molar-refractivity contribution in [2.24, 2.45) is 0 Å². The lowest BCUT2D eigenvalue weighted by Crippen LogP contribution is -2.35. The summed E-state index contributed by atoms with van der Waals surface area (Å²) in [6.45, 7) is 0.543. The van der Waals surface area contributed by atoms with Crippen molar-refractivity contribution < 1.29 is 9.59 Å². The summed E-state index contributed by atoms with van der Waals surface area (Å²) in [6.07, 6.45) is 1.15. The standard InChI is InChI=1S/C17H16N2O2/c20-16-11-6-12-19(15-10-5-4-9-14(15)16)17(21)18-13-7-2-1-3-8-13/h1-5,7-10H,6,11-12H2,(H,18,21). The Bertz CT molecular complexity index is 668. The van der Waals surface area contributed by atoms with E-state index in [0.717, 1.165) is 5.69 Å². The molecule has 0 bridgehead atoms. The number of rotatable bonds is 1. The number of nitrogens with one attached hydrogen (secondary N) is 1. The third kappa shape index (κ3) is 2.79. The first-order valence-electron chi connectivity index (χ1n) is 7.01. The van der Waals surface area contributed by atoms with Crippen molar-refractivity contribution in [1.29, 1.82) is 0 Å². The Morgan fingerprint density at radius 3 is 2.52 bits per heavy atom. The molecule has 0 fully saturated rings. The monoisotopic (exact) mass is 280 g/mol. The van der Waals surface area contributed by atoms with E-state index in [1.54, 1.807) is 11.0 Å². The number of carbonyl (C=O) groups excluding carboxylic acids is 2. The van der Waals surface area contributed by atoms with Gasteiger partial charge in [0.05, 0.1) is 5.69 Å². The molecule has 4 nitrogen and oxygen atoms in total. The van der Waals surface area contributed by atoms with E-state index in [9.17, 15) is 9.59 Å². The molecular weight excluding hydrogens is 264 g/mol. The second-order valence-electron chi connectivity index (χ2n) is 4.99. The van der Waals surface area contributed by atoms with Crippen LogP contribution < -0.4 is 10.2 Å². The molecule has 0 saturated heterocycles. The van der Waals surface area contributed by atoms with Gasteiger partial charge in [-0.1, -0.05) is 30.3 Å². The van der Waals surface area contributed by atoms with Crippen LogP contribution in [0.15, 0.2) is 54.6 Å². The van der Waals surface area contributed by atoms with Gasteiger partial charge in [0.25, 0.3) is 0 Å². The van der Waals surface area contributed by atoms with Crippen LogP contribution in [0, 0.1) is 0 Å². The molecule has 0 unspecified atom stereocenters. The molecule has 0 spiro atoms. The zero-order valence-electron chi connectivity index (χ0n) is 11.6. The minimum Gasteiger partial charge on any atom is -0.308 e. The van der Waals surface area contributed by atoms with Crippen molar-refractivity contribution in [2.75, 3.05) is 16.8 Å². The van der Waals surface area contributed by atoms with E-state index in [2.05, 4.69) is 5.32 Å². The predicted molar refractivity (Wildman–Crippen MR) is 82.8 cm³/mol. The quantitative estimate of drug-likeness (QED) is 0.865. The van der Waals surface area contributed by atoms with Crippen LogP contribution in [0.3, 0.4) is 0 Å². The molecule has 1 N–H and O–H groups in total. The van der Waals surface area contributed by atoms with Gasteiger partial charge in [0.1, 0.15) is 0 Å². The van der Waals surface area contributed by atoms with Crippen LogP contribution in [-0.4, -0.2) is 18.4 Å². The summed E-state index contributed by atoms with van der Waals surface area (Å²) in [4.78, 5) is 26.2. The van der Waals surface area contributed by atoms with E-state index in [-0.39, 0.29) is 11.8 Å². The highest BCUT2D eigenvalue weighted by Gasteiger charge is 2.24. The van der Waals surface area contributed by atoms with Gasteiger partial charge < -0.3 is 5.32 Å². The average Bonchev–Trinajstić information content (AvgIpc) is 2.68. The zero-order valence-corrected chi connectivity index (χ0v) is 11.6. The van der Waals surface area contributed by atoms with Crippen molar-refractivity contribution in [3.8, 4) is 0 Å². The fourth-order valence-corrected chi connectivity index (χ4v) is 2.52. The van der Waals surface area contributed by atoms with Crippen molar-refractivity contribution >= 4 is 23.2 Å². The predicted octanol–water partition coefficient (Wildman–Crippen LogP) is 3.70. The molecule has 2 aromatic carbocycles. The van der Waals surface area contributed by atoms with Gasteiger partial charge in [-0.2, -0.15) is 0 Å². The molecule has 21 heavy (non-hydrogen) atoms. The van der Waals surface area contributed by atoms with E-state index in [1.807, 2.05) is 48.5 Å². The van der Waals surface area contributed by atoms with Crippen LogP contribution >= 0.6 is 0 Å². The van der Waals surface area contributed by atoms with E-state index >= 15 is 0 Å². The first-order valence-corrected chi connectivity index (χ1v) is 7.01. The van der Waals surface area contributed by atoms with Gasteiger partial charge in [0.15, 0.2) is 5.78 Å². The lowest BCUT2D eigenvalue weighted by Gasteiger charge is -2.22. The maximum atomic E-state index is 12.5. The Morgan fingerprint density at radius 1 is 1.00 bits per heavy atom. The van der Waals surface area contributed by atoms with Gasteiger partial charge in [0, 0.05) is 24.2 Å². The average molecular weight is 280 g/mol. The van der Waals surface area contributed by atoms with Crippen LogP contribution in [0.4, 0.5) is 16.2 Å². The van der Waals surface area contributed by atoms with Gasteiger partial charge >= 0.3 is 6.03 Å². The number of hydrogen-bond donors (Lipinski definition) is 1. The number of nitrogens with zero attached hydrogens (tertiary/aromatic N) is 1. The fourth-order valence-electron chi connectivity index (χ4n) is 2.52. The number of carbonyl (C=O) groups is 2. The molecule has 0 saturated carbocycles. The van der Waals surface area contributed by atoms with E-state index in [0.29, 0.717) is 30.6 Å². The number of Topliss-reactive ketones (excluding diaryl/α,β-unsaturated/α-hetero) is 1. The normalized spacial score (nSPS) is 14.3. The lowest BCUT2D eigenvalue weighted by molar-refractivity contribution is 0.0983. The number of urea groups is 1. The Balaban J connectivity index is 1.89. The molecule has 1 aliphatic rings. The van der Waals surface area contributed by atoms with Gasteiger partial charge in [-0.3, -0.25) is 9.69 Å². The first-order chi connectivity index (χ1) is 10.3. The summed E-state index contributed by atoms with van der Waals surface area (Å²) in [5.41, 5.74) is 2.06. The van der Waals surface area contributed by atoms with Crippen LogP contribution in [0.5, 0.6) is 0 Å². The Labute approximate surface area is 123 Å². The third-order valence-corrected chi connectivity index (χ3v) is 3.55. The summed E-state index contributed by atoms with van der Waals surface area (Å²) < 4.78 is 0. The smallest absolute Gasteiger partial charge is 0.308 e. The summed E-state index contributed by atoms with van der Waals surface area (Å²) in [6, 6.07) is 16.4. The van der Waals surface area contributed by atoms with Crippen molar-refractivity contribution in [2.45, 2.75) is 12.8 Å². The van der Waals surface area contributed by atoms with Crippen LogP contribution in [0.2, 0.25) is 0 Å². The van der Waals surface area contributed by atoms with Crippen LogP contribution in [0.25, 0.3) is 0 Å². The topological polar surface area (TPSA) is 49.4 Å². The molecule has 4 heteroatoms. The summed E-state index contributed by atoms with van der Waals surface area (Å²) >= 11 is 0. The molecule has 0 aliphatic carbocycles. The van der Waals surface area contributed by atoms with Crippen molar-refractivity contribution in [3.05, 3.63) is 60.2 Å². The second kappa shape index (κ2) is 5.79. The Hall–Kier alpha value is -2.62. The number of anilines is 2. The molecule has 106 valence electrons. The highest BCUT2D eigenvalue weighted by Crippen LogP contribution is 2.26. The third-order valence-electron chi connectivity index (χ3n) is 3.55. The van der Waals surface area contributed by atoms with Crippen LogP contribution in [0.1, 0.15) is 23.2 Å². The number of ketones is 1. The number of benzene rings is 2. The number of hydrogen-bond acceptors (Lipinski definition) is 2. The SMILES string of the molecule is O=C1CCCN(C(=O)Nc2ccccc2)c2ccccc21. The summed E-state index contributed by atoms with van der Waals surface area (Å²) in [5, 5.41) is 2.87. The van der Waals surface area contributed by atoms with Crippen molar-refractivity contribution in [3.63, 3.8) is 0 Å². The highest BCUT2D eigenvalue weighted by atomic mass is 16.2. The molecule has 3 rings (SSSR count). The minimum atomic E-state index is -0.205. The number of para-hydroxylation sites is 2. The van der Waals surface area contributed by atoms with Gasteiger partial charge in [0.2, 0.25) is 0 Å². The summed E-state index contributed by atoms with van der Waals surface area (Å²) in [7, 11) is 0. The van der Waals surface area contributed by atoms with Crippen LogP contribution in [-0.2, 0) is 0 Å². The van der Waals surface area contributed by atoms with Gasteiger partial charge in [-0.05, 0) is 30.7 Å². The highest BCUT2D eigenvalue weighted by molar-refractivity contribution is 6.09. The Morgan fingerprint density at radius 2 is 1.71 bits per heavy atom. The zero-order chi connectivity index (χ0) is 14.7. The molecule has 1 aliphatic heterocycles.